The molecule has 1 fully saturated rings. The summed E-state index contributed by atoms with van der Waals surface area (Å²) in [6.45, 7) is 0.921. The van der Waals surface area contributed by atoms with Crippen LogP contribution in [-0.4, -0.2) is 42.0 Å². The summed E-state index contributed by atoms with van der Waals surface area (Å²) >= 11 is 1.45. The topological polar surface area (TPSA) is 60.5 Å². The number of thioether (sulfide) groups is 1. The number of nitrogens with zero attached hydrogens (tertiary/aromatic N) is 1. The van der Waals surface area contributed by atoms with Crippen molar-refractivity contribution in [3.8, 4) is 5.75 Å². The van der Waals surface area contributed by atoms with Crippen LogP contribution in [0, 0.1) is 5.82 Å². The van der Waals surface area contributed by atoms with Crippen LogP contribution in [0.2, 0.25) is 0 Å². The van der Waals surface area contributed by atoms with Crippen molar-refractivity contribution in [3.05, 3.63) is 54.6 Å². The van der Waals surface area contributed by atoms with Crippen molar-refractivity contribution in [2.45, 2.75) is 23.5 Å². The zero-order valence-corrected chi connectivity index (χ0v) is 14.4. The van der Waals surface area contributed by atoms with Crippen molar-refractivity contribution in [2.75, 3.05) is 19.0 Å². The Morgan fingerprint density at radius 1 is 1.36 bits per heavy atom. The lowest BCUT2D eigenvalue weighted by molar-refractivity contribution is -0.121. The van der Waals surface area contributed by atoms with E-state index in [1.807, 2.05) is 12.1 Å². The van der Waals surface area contributed by atoms with E-state index in [1.54, 1.807) is 24.5 Å². The predicted octanol–water partition coefficient (Wildman–Crippen LogP) is 2.67. The van der Waals surface area contributed by atoms with Crippen molar-refractivity contribution in [1.29, 1.82) is 0 Å². The number of carbonyl (C=O) groups is 1. The normalized spacial score (nSPS) is 20.0. The van der Waals surface area contributed by atoms with E-state index in [4.69, 9.17) is 9.47 Å². The van der Waals surface area contributed by atoms with E-state index in [2.05, 4.69) is 10.3 Å². The van der Waals surface area contributed by atoms with Crippen LogP contribution in [0.4, 0.5) is 4.39 Å². The molecule has 1 saturated heterocycles. The molecule has 0 bridgehead atoms. The van der Waals surface area contributed by atoms with E-state index in [1.165, 1.54) is 23.9 Å². The first kappa shape index (κ1) is 17.7. The van der Waals surface area contributed by atoms with Crippen molar-refractivity contribution < 1.29 is 18.7 Å². The fourth-order valence-electron chi connectivity index (χ4n) is 2.54. The highest BCUT2D eigenvalue weighted by Crippen LogP contribution is 2.20. The van der Waals surface area contributed by atoms with Crippen LogP contribution in [0.5, 0.6) is 5.75 Å². The Morgan fingerprint density at radius 2 is 2.20 bits per heavy atom. The lowest BCUT2D eigenvalue weighted by Gasteiger charge is -2.32. The summed E-state index contributed by atoms with van der Waals surface area (Å²) < 4.78 is 24.6. The van der Waals surface area contributed by atoms with Crippen LogP contribution < -0.4 is 10.1 Å². The molecule has 25 heavy (non-hydrogen) atoms. The molecule has 132 valence electrons. The van der Waals surface area contributed by atoms with Gasteiger partial charge in [-0.15, -0.1) is 11.8 Å². The van der Waals surface area contributed by atoms with Gasteiger partial charge >= 0.3 is 0 Å². The predicted molar refractivity (Wildman–Crippen MR) is 93.1 cm³/mol. The second-order valence-corrected chi connectivity index (χ2v) is 6.67. The van der Waals surface area contributed by atoms with Gasteiger partial charge < -0.3 is 14.8 Å². The molecule has 1 amide bonds. The van der Waals surface area contributed by atoms with E-state index in [0.29, 0.717) is 31.1 Å². The molecule has 2 atom stereocenters. The average Bonchev–Trinajstić information content (AvgIpc) is 2.63. The third-order valence-corrected chi connectivity index (χ3v) is 4.77. The number of hydrogen-bond donors (Lipinski definition) is 1. The number of nitrogens with one attached hydrogen (secondary N) is 1. The van der Waals surface area contributed by atoms with Crippen LogP contribution in [0.1, 0.15) is 6.42 Å². The van der Waals surface area contributed by atoms with E-state index >= 15 is 0 Å². The highest BCUT2D eigenvalue weighted by molar-refractivity contribution is 8.00. The van der Waals surface area contributed by atoms with Crippen molar-refractivity contribution in [3.63, 3.8) is 0 Å². The SMILES string of the molecule is O=C(CSc1ccncc1)N[C@@H]1CCOC[C@H]1Oc1cccc(F)c1. The van der Waals surface area contributed by atoms with Crippen molar-refractivity contribution >= 4 is 17.7 Å². The molecule has 2 aromatic rings. The Morgan fingerprint density at radius 3 is 3.00 bits per heavy atom. The number of amides is 1. The van der Waals surface area contributed by atoms with Gasteiger partial charge in [-0.1, -0.05) is 6.07 Å². The summed E-state index contributed by atoms with van der Waals surface area (Å²) in [5.74, 6) is 0.319. The van der Waals surface area contributed by atoms with Crippen molar-refractivity contribution in [1.82, 2.24) is 10.3 Å². The molecule has 1 aromatic carbocycles. The van der Waals surface area contributed by atoms with Crippen LogP contribution in [0.25, 0.3) is 0 Å². The van der Waals surface area contributed by atoms with E-state index < -0.39 is 0 Å². The Kier molecular flexibility index (Phi) is 6.25. The molecule has 0 saturated carbocycles. The molecular formula is C18H19FN2O3S. The van der Waals surface area contributed by atoms with Gasteiger partial charge in [-0.3, -0.25) is 9.78 Å². The zero-order chi connectivity index (χ0) is 17.5. The molecule has 1 aliphatic heterocycles. The standard InChI is InChI=1S/C18H19FN2O3S/c19-13-2-1-3-14(10-13)24-17-11-23-9-6-16(17)21-18(22)12-25-15-4-7-20-8-5-15/h1-5,7-8,10,16-17H,6,9,11-12H2,(H,21,22)/t16-,17-/m1/s1. The maximum atomic E-state index is 13.3. The minimum Gasteiger partial charge on any atom is -0.486 e. The average molecular weight is 362 g/mol. The molecule has 1 aliphatic rings. The third kappa shape index (κ3) is 5.44. The number of carbonyl (C=O) groups excluding carboxylic acids is 1. The Labute approximate surface area is 149 Å². The molecule has 0 spiro atoms. The van der Waals surface area contributed by atoms with E-state index in [0.717, 1.165) is 4.90 Å². The molecule has 0 unspecified atom stereocenters. The summed E-state index contributed by atoms with van der Waals surface area (Å²) in [6, 6.07) is 9.53. The first-order valence-electron chi connectivity index (χ1n) is 8.03. The molecule has 0 radical (unpaired) electrons. The van der Waals surface area contributed by atoms with Gasteiger partial charge in [0.05, 0.1) is 18.4 Å². The fraction of sp³-hybridized carbons (Fsp3) is 0.333. The van der Waals surface area contributed by atoms with Gasteiger partial charge in [0.25, 0.3) is 0 Å². The number of benzene rings is 1. The Balaban J connectivity index is 1.54. The molecule has 1 N–H and O–H groups in total. The number of aromatic nitrogens is 1. The van der Waals surface area contributed by atoms with Gasteiger partial charge in [-0.05, 0) is 30.7 Å². The second-order valence-electron chi connectivity index (χ2n) is 5.62. The highest BCUT2D eigenvalue weighted by Gasteiger charge is 2.29. The number of ether oxygens (including phenoxy) is 2. The van der Waals surface area contributed by atoms with E-state index in [9.17, 15) is 9.18 Å². The second kappa shape index (κ2) is 8.82. The third-order valence-electron chi connectivity index (χ3n) is 3.75. The largest absolute Gasteiger partial charge is 0.486 e. The fourth-order valence-corrected chi connectivity index (χ4v) is 3.24. The smallest absolute Gasteiger partial charge is 0.230 e. The lowest BCUT2D eigenvalue weighted by Crippen LogP contribution is -2.51. The summed E-state index contributed by atoms with van der Waals surface area (Å²) in [7, 11) is 0. The summed E-state index contributed by atoms with van der Waals surface area (Å²) in [6.07, 6.45) is 3.71. The zero-order valence-electron chi connectivity index (χ0n) is 13.6. The van der Waals surface area contributed by atoms with Crippen LogP contribution in [0.3, 0.4) is 0 Å². The molecule has 3 rings (SSSR count). The molecule has 0 aliphatic carbocycles. The Hall–Kier alpha value is -2.12. The van der Waals surface area contributed by atoms with Crippen molar-refractivity contribution in [2.24, 2.45) is 0 Å². The van der Waals surface area contributed by atoms with Gasteiger partial charge in [0, 0.05) is 30.0 Å². The minimum atomic E-state index is -0.358. The van der Waals surface area contributed by atoms with Crippen LogP contribution in [-0.2, 0) is 9.53 Å². The first-order valence-corrected chi connectivity index (χ1v) is 9.01. The minimum absolute atomic E-state index is 0.0680. The molecular weight excluding hydrogens is 343 g/mol. The number of hydrogen-bond acceptors (Lipinski definition) is 5. The number of halogens is 1. The Bertz CT molecular complexity index is 702. The summed E-state index contributed by atoms with van der Waals surface area (Å²) in [4.78, 5) is 17.2. The lowest BCUT2D eigenvalue weighted by atomic mass is 10.1. The summed E-state index contributed by atoms with van der Waals surface area (Å²) in [5.41, 5.74) is 0. The molecule has 7 heteroatoms. The molecule has 1 aromatic heterocycles. The van der Waals surface area contributed by atoms with Gasteiger partial charge in [-0.2, -0.15) is 0 Å². The monoisotopic (exact) mass is 362 g/mol. The maximum Gasteiger partial charge on any atom is 0.230 e. The van der Waals surface area contributed by atoms with Gasteiger partial charge in [-0.25, -0.2) is 4.39 Å². The molecule has 2 heterocycles. The quantitative estimate of drug-likeness (QED) is 0.801. The number of pyridine rings is 1. The highest BCUT2D eigenvalue weighted by atomic mass is 32.2. The van der Waals surface area contributed by atoms with Crippen LogP contribution >= 0.6 is 11.8 Å². The van der Waals surface area contributed by atoms with Crippen LogP contribution in [0.15, 0.2) is 53.7 Å². The van der Waals surface area contributed by atoms with Gasteiger partial charge in [0.15, 0.2) is 0 Å². The van der Waals surface area contributed by atoms with Gasteiger partial charge in [0.2, 0.25) is 5.91 Å². The maximum absolute atomic E-state index is 13.3. The first-order chi connectivity index (χ1) is 12.2. The summed E-state index contributed by atoms with van der Waals surface area (Å²) in [5, 5.41) is 3.00. The van der Waals surface area contributed by atoms with E-state index in [-0.39, 0.29) is 23.9 Å². The molecule has 5 nitrogen and oxygen atoms in total. The number of rotatable bonds is 6. The van der Waals surface area contributed by atoms with Gasteiger partial charge in [0.1, 0.15) is 17.7 Å².